The van der Waals surface area contributed by atoms with Gasteiger partial charge in [0.2, 0.25) is 0 Å². The number of rotatable bonds is 13. The molecule has 0 aliphatic rings. The van der Waals surface area contributed by atoms with E-state index in [4.69, 9.17) is 18.9 Å². The lowest BCUT2D eigenvalue weighted by atomic mass is 9.84. The molecule has 258 valence electrons. The van der Waals surface area contributed by atoms with Gasteiger partial charge in [0, 0.05) is 21.5 Å². The van der Waals surface area contributed by atoms with Crippen LogP contribution in [0.15, 0.2) is 84.9 Å². The van der Waals surface area contributed by atoms with Gasteiger partial charge in [0.05, 0.1) is 13.2 Å². The second-order valence-corrected chi connectivity index (χ2v) is 13.1. The number of carbonyl (C=O) groups excluding carboxylic acids is 2. The van der Waals surface area contributed by atoms with Gasteiger partial charge in [-0.2, -0.15) is 0 Å². The number of aryl methyl sites for hydroxylation is 2. The van der Waals surface area contributed by atoms with Gasteiger partial charge in [-0.25, -0.2) is 9.59 Å². The Balaban J connectivity index is 1.54. The third-order valence-corrected chi connectivity index (χ3v) is 9.32. The molecule has 6 heteroatoms. The summed E-state index contributed by atoms with van der Waals surface area (Å²) in [6, 6.07) is 28.5. The van der Waals surface area contributed by atoms with Crippen LogP contribution < -0.4 is 9.47 Å². The number of hydrogen-bond acceptors (Lipinski definition) is 6. The van der Waals surface area contributed by atoms with Gasteiger partial charge in [-0.3, -0.25) is 0 Å². The minimum atomic E-state index is -0.702. The molecule has 0 unspecified atom stereocenters. The first-order valence-electron chi connectivity index (χ1n) is 18.0. The SMILES string of the molecule is CCCCCCOC(=O)Oc1c2ccccc2c(-c2c3ccccc3c(OC(=O)OCCCCCC)c3ccc(C)cc23)c2cc(C)ccc12. The normalized spacial score (nSPS) is 11.4. The second-order valence-electron chi connectivity index (χ2n) is 13.1. The van der Waals surface area contributed by atoms with E-state index >= 15 is 0 Å². The summed E-state index contributed by atoms with van der Waals surface area (Å²) in [6.07, 6.45) is 6.65. The average Bonchev–Trinajstić information content (AvgIpc) is 3.12. The van der Waals surface area contributed by atoms with E-state index in [1.807, 2.05) is 60.7 Å². The minimum absolute atomic E-state index is 0.323. The largest absolute Gasteiger partial charge is 0.513 e. The van der Waals surface area contributed by atoms with E-state index in [1.54, 1.807) is 0 Å². The maximum absolute atomic E-state index is 13.1. The highest BCUT2D eigenvalue weighted by Gasteiger charge is 2.24. The zero-order valence-electron chi connectivity index (χ0n) is 29.6. The molecule has 0 amide bonds. The molecule has 0 fully saturated rings. The fourth-order valence-corrected chi connectivity index (χ4v) is 6.86. The lowest BCUT2D eigenvalue weighted by molar-refractivity contribution is 0.0972. The van der Waals surface area contributed by atoms with Crippen LogP contribution in [0.1, 0.15) is 76.3 Å². The molecule has 0 N–H and O–H groups in total. The smallest absolute Gasteiger partial charge is 0.434 e. The first kappa shape index (κ1) is 34.8. The van der Waals surface area contributed by atoms with Crippen molar-refractivity contribution in [2.24, 2.45) is 0 Å². The van der Waals surface area contributed by atoms with Crippen molar-refractivity contribution >= 4 is 55.4 Å². The molecule has 0 aliphatic carbocycles. The molecule has 0 saturated carbocycles. The summed E-state index contributed by atoms with van der Waals surface area (Å²) in [7, 11) is 0. The van der Waals surface area contributed by atoms with Gasteiger partial charge in [0.1, 0.15) is 11.5 Å². The van der Waals surface area contributed by atoms with Crippen LogP contribution in [0, 0.1) is 13.8 Å². The lowest BCUT2D eigenvalue weighted by Crippen LogP contribution is -2.12. The summed E-state index contributed by atoms with van der Waals surface area (Å²) in [5, 5.41) is 6.99. The molecule has 6 rings (SSSR count). The van der Waals surface area contributed by atoms with Gasteiger partial charge in [0.25, 0.3) is 0 Å². The molecule has 6 aromatic rings. The summed E-state index contributed by atoms with van der Waals surface area (Å²) in [5.41, 5.74) is 4.17. The van der Waals surface area contributed by atoms with E-state index in [-0.39, 0.29) is 0 Å². The van der Waals surface area contributed by atoms with E-state index < -0.39 is 12.3 Å². The predicted molar refractivity (Wildman–Crippen MR) is 204 cm³/mol. The van der Waals surface area contributed by atoms with Crippen LogP contribution in [-0.2, 0) is 9.47 Å². The van der Waals surface area contributed by atoms with E-state index in [9.17, 15) is 9.59 Å². The number of benzene rings is 6. The third-order valence-electron chi connectivity index (χ3n) is 9.32. The van der Waals surface area contributed by atoms with Crippen molar-refractivity contribution in [3.05, 3.63) is 96.1 Å². The maximum atomic E-state index is 13.1. The van der Waals surface area contributed by atoms with Gasteiger partial charge < -0.3 is 18.9 Å². The quantitative estimate of drug-likeness (QED) is 0.0527. The van der Waals surface area contributed by atoms with Crippen LogP contribution >= 0.6 is 0 Å². The zero-order valence-corrected chi connectivity index (χ0v) is 29.6. The van der Waals surface area contributed by atoms with Crippen molar-refractivity contribution in [3.63, 3.8) is 0 Å². The van der Waals surface area contributed by atoms with Crippen LogP contribution in [0.25, 0.3) is 54.2 Å². The number of hydrogen-bond donors (Lipinski definition) is 0. The van der Waals surface area contributed by atoms with Crippen molar-refractivity contribution in [2.75, 3.05) is 13.2 Å². The summed E-state index contributed by atoms with van der Waals surface area (Å²) in [5.74, 6) is 0.952. The van der Waals surface area contributed by atoms with Crippen LogP contribution in [-0.4, -0.2) is 25.5 Å². The zero-order chi connectivity index (χ0) is 35.0. The fourth-order valence-electron chi connectivity index (χ4n) is 6.86. The van der Waals surface area contributed by atoms with Crippen molar-refractivity contribution in [3.8, 4) is 22.6 Å². The molecule has 0 saturated heterocycles. The summed E-state index contributed by atoms with van der Waals surface area (Å²) < 4.78 is 23.2. The molecule has 0 atom stereocenters. The summed E-state index contributed by atoms with van der Waals surface area (Å²) in [4.78, 5) is 26.2. The highest BCUT2D eigenvalue weighted by Crippen LogP contribution is 2.50. The molecular weight excluding hydrogens is 624 g/mol. The van der Waals surface area contributed by atoms with E-state index in [1.165, 1.54) is 0 Å². The molecule has 0 aliphatic heterocycles. The number of fused-ring (bicyclic) bond motifs is 4. The van der Waals surface area contributed by atoms with Crippen LogP contribution in [0.3, 0.4) is 0 Å². The Morgan fingerprint density at radius 3 is 1.24 bits per heavy atom. The highest BCUT2D eigenvalue weighted by atomic mass is 16.7. The topological polar surface area (TPSA) is 71.1 Å². The maximum Gasteiger partial charge on any atom is 0.513 e. The Labute approximate surface area is 294 Å². The minimum Gasteiger partial charge on any atom is -0.434 e. The molecule has 0 heterocycles. The highest BCUT2D eigenvalue weighted by molar-refractivity contribution is 6.27. The first-order valence-corrected chi connectivity index (χ1v) is 18.0. The Morgan fingerprint density at radius 1 is 0.460 bits per heavy atom. The molecule has 50 heavy (non-hydrogen) atoms. The first-order chi connectivity index (χ1) is 24.4. The molecule has 0 aromatic heterocycles. The van der Waals surface area contributed by atoms with E-state index in [0.717, 1.165) is 117 Å². The Morgan fingerprint density at radius 2 is 0.840 bits per heavy atom. The number of ether oxygens (including phenoxy) is 4. The van der Waals surface area contributed by atoms with Crippen molar-refractivity contribution in [2.45, 2.75) is 79.1 Å². The lowest BCUT2D eigenvalue weighted by Gasteiger charge is -2.21. The molecule has 6 aromatic carbocycles. The summed E-state index contributed by atoms with van der Waals surface area (Å²) >= 11 is 0. The monoisotopic (exact) mass is 670 g/mol. The molecule has 0 spiro atoms. The third kappa shape index (κ3) is 7.40. The average molecular weight is 671 g/mol. The summed E-state index contributed by atoms with van der Waals surface area (Å²) in [6.45, 7) is 9.08. The standard InChI is InChI=1S/C44H46O6/c1-5-7-9-15-25-47-43(45)49-41-33-19-13-11-17-31(33)39(37-27-29(3)21-23-35(37)41)40-32-18-12-14-20-34(32)42(36-24-22-30(4)28-38(36)40)50-44(46)48-26-16-10-8-6-2/h11-14,17-24,27-28H,5-10,15-16,25-26H2,1-4H3. The molecule has 0 radical (unpaired) electrons. The van der Waals surface area contributed by atoms with Crippen molar-refractivity contribution in [1.29, 1.82) is 0 Å². The fraction of sp³-hybridized carbons (Fsp3) is 0.318. The van der Waals surface area contributed by atoms with Gasteiger partial charge in [-0.05, 0) is 59.4 Å². The van der Waals surface area contributed by atoms with Gasteiger partial charge in [0.15, 0.2) is 0 Å². The van der Waals surface area contributed by atoms with Crippen molar-refractivity contribution < 1.29 is 28.5 Å². The Hall–Kier alpha value is -5.10. The van der Waals surface area contributed by atoms with Crippen LogP contribution in [0.5, 0.6) is 11.5 Å². The molecule has 6 nitrogen and oxygen atoms in total. The van der Waals surface area contributed by atoms with Gasteiger partial charge in [-0.15, -0.1) is 0 Å². The van der Waals surface area contributed by atoms with E-state index in [0.29, 0.717) is 24.7 Å². The number of unbranched alkanes of at least 4 members (excludes halogenated alkanes) is 6. The second kappa shape index (κ2) is 16.1. The number of carbonyl (C=O) groups is 2. The van der Waals surface area contributed by atoms with Crippen LogP contribution in [0.4, 0.5) is 9.59 Å². The van der Waals surface area contributed by atoms with Gasteiger partial charge >= 0.3 is 12.3 Å². The van der Waals surface area contributed by atoms with Gasteiger partial charge in [-0.1, -0.05) is 148 Å². The molecular formula is C44H46O6. The van der Waals surface area contributed by atoms with Crippen molar-refractivity contribution in [1.82, 2.24) is 0 Å². The Kier molecular flexibility index (Phi) is 11.2. The van der Waals surface area contributed by atoms with E-state index in [2.05, 4.69) is 52.0 Å². The van der Waals surface area contributed by atoms with Crippen LogP contribution in [0.2, 0.25) is 0 Å². The Bertz CT molecular complexity index is 2010. The predicted octanol–water partition coefficient (Wildman–Crippen LogP) is 12.8. The molecule has 0 bridgehead atoms.